The Balaban J connectivity index is 1.63. The number of H-pyrrole nitrogens is 2. The van der Waals surface area contributed by atoms with Crippen molar-refractivity contribution in [2.45, 2.75) is 0 Å². The van der Waals surface area contributed by atoms with Crippen LogP contribution in [0.15, 0.2) is 67.1 Å². The van der Waals surface area contributed by atoms with E-state index in [4.69, 9.17) is 16.6 Å². The highest BCUT2D eigenvalue weighted by Gasteiger charge is 2.16. The third-order valence-electron chi connectivity index (χ3n) is 4.37. The van der Waals surface area contributed by atoms with Gasteiger partial charge in [0.05, 0.1) is 16.8 Å². The van der Waals surface area contributed by atoms with Crippen molar-refractivity contribution in [3.63, 3.8) is 0 Å². The van der Waals surface area contributed by atoms with E-state index >= 15 is 0 Å². The maximum absolute atomic E-state index is 6.44. The molecule has 0 aliphatic rings. The Morgan fingerprint density at radius 1 is 0.929 bits per heavy atom. The molecular formula is C20H14ClN7. The van der Waals surface area contributed by atoms with Crippen LogP contribution in [-0.4, -0.2) is 30.1 Å². The molecule has 3 heterocycles. The van der Waals surface area contributed by atoms with Gasteiger partial charge >= 0.3 is 0 Å². The summed E-state index contributed by atoms with van der Waals surface area (Å²) in [5.74, 6) is 1.75. The van der Waals surface area contributed by atoms with Crippen molar-refractivity contribution in [2.24, 2.45) is 0 Å². The first-order valence-electron chi connectivity index (χ1n) is 8.61. The molecule has 136 valence electrons. The van der Waals surface area contributed by atoms with Gasteiger partial charge in [0.15, 0.2) is 5.82 Å². The van der Waals surface area contributed by atoms with Crippen LogP contribution in [0.5, 0.6) is 0 Å². The highest BCUT2D eigenvalue weighted by atomic mass is 35.5. The van der Waals surface area contributed by atoms with Gasteiger partial charge in [-0.3, -0.25) is 5.10 Å². The number of nitrogens with one attached hydrogen (secondary N) is 3. The molecule has 0 aliphatic heterocycles. The first kappa shape index (κ1) is 16.5. The van der Waals surface area contributed by atoms with E-state index in [1.54, 1.807) is 18.6 Å². The zero-order valence-corrected chi connectivity index (χ0v) is 15.3. The van der Waals surface area contributed by atoms with Crippen LogP contribution in [0.1, 0.15) is 0 Å². The second-order valence-electron chi connectivity index (χ2n) is 6.12. The summed E-state index contributed by atoms with van der Waals surface area (Å²) in [7, 11) is 0. The van der Waals surface area contributed by atoms with Crippen LogP contribution < -0.4 is 5.32 Å². The first-order chi connectivity index (χ1) is 13.8. The fraction of sp³-hybridized carbons (Fsp3) is 0. The number of para-hydroxylation sites is 1. The number of anilines is 2. The Hall–Kier alpha value is -3.71. The van der Waals surface area contributed by atoms with Gasteiger partial charge in [-0.25, -0.2) is 15.0 Å². The number of hydrogen-bond donors (Lipinski definition) is 3. The maximum atomic E-state index is 6.44. The number of benzene rings is 2. The number of imidazole rings is 1. The predicted octanol–water partition coefficient (Wildman–Crippen LogP) is 4.81. The summed E-state index contributed by atoms with van der Waals surface area (Å²) in [6.07, 6.45) is 5.17. The van der Waals surface area contributed by atoms with E-state index in [2.05, 4.69) is 30.5 Å². The third-order valence-corrected chi connectivity index (χ3v) is 4.70. The molecule has 3 N–H and O–H groups in total. The molecule has 0 amide bonds. The molecule has 0 saturated carbocycles. The molecule has 0 atom stereocenters. The van der Waals surface area contributed by atoms with Gasteiger partial charge < -0.3 is 10.3 Å². The third kappa shape index (κ3) is 2.87. The summed E-state index contributed by atoms with van der Waals surface area (Å²) in [5, 5.41) is 12.1. The summed E-state index contributed by atoms with van der Waals surface area (Å²) in [6.45, 7) is 0. The molecule has 0 unspecified atom stereocenters. The zero-order valence-electron chi connectivity index (χ0n) is 14.5. The fourth-order valence-electron chi connectivity index (χ4n) is 3.05. The molecule has 28 heavy (non-hydrogen) atoms. The molecule has 0 aliphatic carbocycles. The largest absolute Gasteiger partial charge is 0.345 e. The average molecular weight is 388 g/mol. The van der Waals surface area contributed by atoms with Gasteiger partial charge in [0.2, 0.25) is 5.95 Å². The second kappa shape index (κ2) is 6.79. The lowest BCUT2D eigenvalue weighted by molar-refractivity contribution is 1.09. The normalized spacial score (nSPS) is 11.0. The van der Waals surface area contributed by atoms with Crippen LogP contribution in [0.4, 0.5) is 11.8 Å². The van der Waals surface area contributed by atoms with E-state index < -0.39 is 0 Å². The number of halogens is 1. The highest BCUT2D eigenvalue weighted by Crippen LogP contribution is 2.34. The average Bonchev–Trinajstić information content (AvgIpc) is 3.39. The highest BCUT2D eigenvalue weighted by molar-refractivity contribution is 6.33. The number of nitrogens with zero attached hydrogens (tertiary/aromatic N) is 4. The minimum atomic E-state index is 0.419. The number of fused-ring (bicyclic) bond motifs is 1. The minimum absolute atomic E-state index is 0.419. The van der Waals surface area contributed by atoms with Gasteiger partial charge in [0.25, 0.3) is 0 Å². The molecule has 5 rings (SSSR count). The Labute approximate surface area is 164 Å². The smallest absolute Gasteiger partial charge is 0.229 e. The van der Waals surface area contributed by atoms with Crippen LogP contribution in [0.2, 0.25) is 5.02 Å². The Morgan fingerprint density at radius 3 is 2.64 bits per heavy atom. The summed E-state index contributed by atoms with van der Waals surface area (Å²) < 4.78 is 0. The molecule has 0 fully saturated rings. The lowest BCUT2D eigenvalue weighted by atomic mass is 10.1. The maximum Gasteiger partial charge on any atom is 0.229 e. The van der Waals surface area contributed by atoms with E-state index in [1.165, 1.54) is 0 Å². The monoisotopic (exact) mass is 387 g/mol. The first-order valence-corrected chi connectivity index (χ1v) is 8.99. The van der Waals surface area contributed by atoms with Crippen molar-refractivity contribution in [3.8, 4) is 22.6 Å². The van der Waals surface area contributed by atoms with Crippen molar-refractivity contribution >= 4 is 34.3 Å². The number of aromatic nitrogens is 6. The molecule has 0 bridgehead atoms. The van der Waals surface area contributed by atoms with Crippen LogP contribution >= 0.6 is 11.6 Å². The summed E-state index contributed by atoms with van der Waals surface area (Å²) >= 11 is 6.44. The fourth-order valence-corrected chi connectivity index (χ4v) is 3.28. The topological polar surface area (TPSA) is 95.2 Å². The lowest BCUT2D eigenvalue weighted by Crippen LogP contribution is -2.01. The molecule has 3 aromatic heterocycles. The van der Waals surface area contributed by atoms with Gasteiger partial charge in [-0.15, -0.1) is 0 Å². The predicted molar refractivity (Wildman–Crippen MR) is 109 cm³/mol. The molecule has 0 radical (unpaired) electrons. The van der Waals surface area contributed by atoms with Crippen molar-refractivity contribution in [3.05, 3.63) is 72.1 Å². The van der Waals surface area contributed by atoms with Crippen LogP contribution in [0.3, 0.4) is 0 Å². The second-order valence-corrected chi connectivity index (χ2v) is 6.52. The lowest BCUT2D eigenvalue weighted by Gasteiger charge is -2.11. The van der Waals surface area contributed by atoms with E-state index in [0.717, 1.165) is 22.0 Å². The van der Waals surface area contributed by atoms with Crippen LogP contribution in [-0.2, 0) is 0 Å². The quantitative estimate of drug-likeness (QED) is 0.411. The van der Waals surface area contributed by atoms with Crippen LogP contribution in [0.25, 0.3) is 33.5 Å². The van der Waals surface area contributed by atoms with E-state index in [0.29, 0.717) is 28.3 Å². The van der Waals surface area contributed by atoms with E-state index in [9.17, 15) is 0 Å². The van der Waals surface area contributed by atoms with Gasteiger partial charge in [0.1, 0.15) is 5.82 Å². The molecule has 2 aromatic carbocycles. The molecule has 5 aromatic rings. The minimum Gasteiger partial charge on any atom is -0.345 e. The molecule has 8 heteroatoms. The molecule has 0 saturated heterocycles. The molecule has 7 nitrogen and oxygen atoms in total. The molecule has 0 spiro atoms. The van der Waals surface area contributed by atoms with Crippen molar-refractivity contribution in [2.75, 3.05) is 5.32 Å². The van der Waals surface area contributed by atoms with Gasteiger partial charge in [-0.2, -0.15) is 5.10 Å². The van der Waals surface area contributed by atoms with Gasteiger partial charge in [0, 0.05) is 34.6 Å². The number of rotatable bonds is 4. The summed E-state index contributed by atoms with van der Waals surface area (Å²) in [5.41, 5.74) is 3.17. The van der Waals surface area contributed by atoms with E-state index in [-0.39, 0.29) is 0 Å². The van der Waals surface area contributed by atoms with Gasteiger partial charge in [-0.05, 0) is 18.2 Å². The Morgan fingerprint density at radius 2 is 1.79 bits per heavy atom. The number of aromatic amines is 2. The number of hydrogen-bond acceptors (Lipinski definition) is 5. The van der Waals surface area contributed by atoms with Crippen molar-refractivity contribution in [1.82, 2.24) is 30.1 Å². The van der Waals surface area contributed by atoms with Crippen LogP contribution in [0, 0.1) is 0 Å². The Bertz CT molecular complexity index is 1260. The SMILES string of the molecule is Clc1ccccc1-c1nc(Nc2n[nH]c3ccccc23)ncc1-c1ncc[nH]1. The Kier molecular flexibility index (Phi) is 3.99. The van der Waals surface area contributed by atoms with Crippen molar-refractivity contribution in [1.29, 1.82) is 0 Å². The summed E-state index contributed by atoms with van der Waals surface area (Å²) in [4.78, 5) is 16.6. The molecular weight excluding hydrogens is 374 g/mol. The van der Waals surface area contributed by atoms with Crippen molar-refractivity contribution < 1.29 is 0 Å². The van der Waals surface area contributed by atoms with Gasteiger partial charge in [-0.1, -0.05) is 41.9 Å². The zero-order chi connectivity index (χ0) is 18.9. The van der Waals surface area contributed by atoms with E-state index in [1.807, 2.05) is 48.5 Å². The standard InChI is InChI=1S/C20H14ClN7/c21-15-7-3-1-5-12(15)17-14(18-22-9-10-23-18)11-24-20(25-17)26-19-13-6-2-4-8-16(13)27-28-19/h1-11H,(H,22,23)(H2,24,25,26,27,28). The summed E-state index contributed by atoms with van der Waals surface area (Å²) in [6, 6.07) is 15.4.